The number of carbonyl (C=O) groups is 2. The summed E-state index contributed by atoms with van der Waals surface area (Å²) in [4.78, 5) is 24.5. The van der Waals surface area contributed by atoms with Gasteiger partial charge in [0.1, 0.15) is 24.6 Å². The van der Waals surface area contributed by atoms with Crippen molar-refractivity contribution in [3.63, 3.8) is 0 Å². The molecule has 50 heavy (non-hydrogen) atoms. The summed E-state index contributed by atoms with van der Waals surface area (Å²) in [6, 6.07) is 24.1. The van der Waals surface area contributed by atoms with Gasteiger partial charge in [-0.3, -0.25) is 9.59 Å². The number of aryl methyl sites for hydroxylation is 2. The smallest absolute Gasteiger partial charge is 0.220 e. The molecule has 2 amide bonds. The van der Waals surface area contributed by atoms with E-state index in [9.17, 15) is 9.59 Å². The standard InChI is InChI=1S/C40H46N4O4S2/c1-47-37-11-5-3-9-35(37)17-15-33-19-27-43(28-20-33)25-7-13-39(45)41-23-31-49-50-32-24-42-40(46)14-8-26-44-29-21-34(22-30-44)16-18-36-10-4-6-12-38(36)48-2/h3-6,9-12,15-22,27-30H,7-8,13-14,23-26,31-32H2,1-2H3/p+2/b17-15+,18-16+. The van der Waals surface area contributed by atoms with E-state index in [4.69, 9.17) is 9.47 Å². The van der Waals surface area contributed by atoms with Gasteiger partial charge in [-0.25, -0.2) is 9.13 Å². The molecular formula is C40H48N4O4S2+2. The van der Waals surface area contributed by atoms with Crippen molar-refractivity contribution in [1.29, 1.82) is 0 Å². The predicted molar refractivity (Wildman–Crippen MR) is 207 cm³/mol. The first kappa shape index (κ1) is 38.3. The summed E-state index contributed by atoms with van der Waals surface area (Å²) in [7, 11) is 6.78. The van der Waals surface area contributed by atoms with Gasteiger partial charge in [-0.1, -0.05) is 82.3 Å². The summed E-state index contributed by atoms with van der Waals surface area (Å²) in [6.07, 6.45) is 18.9. The molecule has 8 nitrogen and oxygen atoms in total. The minimum absolute atomic E-state index is 0.0786. The number of benzene rings is 2. The molecule has 10 heteroatoms. The van der Waals surface area contributed by atoms with Gasteiger partial charge in [0.25, 0.3) is 0 Å². The molecule has 4 rings (SSSR count). The number of hydrogen-bond acceptors (Lipinski definition) is 6. The van der Waals surface area contributed by atoms with Gasteiger partial charge in [-0.2, -0.15) is 0 Å². The molecule has 0 fully saturated rings. The summed E-state index contributed by atoms with van der Waals surface area (Å²) in [5.41, 5.74) is 4.28. The van der Waals surface area contributed by atoms with Crippen molar-refractivity contribution in [3.05, 3.63) is 120 Å². The number of para-hydroxylation sites is 2. The van der Waals surface area contributed by atoms with Gasteiger partial charge in [0.15, 0.2) is 24.8 Å². The van der Waals surface area contributed by atoms with E-state index in [2.05, 4.69) is 56.2 Å². The molecule has 2 N–H and O–H groups in total. The highest BCUT2D eigenvalue weighted by atomic mass is 33.1. The lowest BCUT2D eigenvalue weighted by molar-refractivity contribution is -0.697. The zero-order valence-corrected chi connectivity index (χ0v) is 30.6. The summed E-state index contributed by atoms with van der Waals surface area (Å²) < 4.78 is 15.0. The van der Waals surface area contributed by atoms with Crippen molar-refractivity contribution in [2.24, 2.45) is 0 Å². The van der Waals surface area contributed by atoms with E-state index in [0.717, 1.165) is 71.2 Å². The van der Waals surface area contributed by atoms with Crippen molar-refractivity contribution in [2.45, 2.75) is 38.8 Å². The maximum Gasteiger partial charge on any atom is 0.220 e. The van der Waals surface area contributed by atoms with Crippen molar-refractivity contribution in [2.75, 3.05) is 38.8 Å². The largest absolute Gasteiger partial charge is 0.496 e. The van der Waals surface area contributed by atoms with Crippen LogP contribution in [0, 0.1) is 0 Å². The summed E-state index contributed by atoms with van der Waals surface area (Å²) >= 11 is 0. The van der Waals surface area contributed by atoms with Crippen LogP contribution in [0.25, 0.3) is 24.3 Å². The Hall–Kier alpha value is -4.54. The van der Waals surface area contributed by atoms with Crippen LogP contribution in [-0.4, -0.2) is 50.6 Å². The fourth-order valence-electron chi connectivity index (χ4n) is 5.04. The van der Waals surface area contributed by atoms with Gasteiger partial charge in [-0.05, 0) is 23.3 Å². The molecular weight excluding hydrogens is 665 g/mol. The molecule has 4 aromatic rings. The van der Waals surface area contributed by atoms with Crippen LogP contribution in [0.4, 0.5) is 0 Å². The molecule has 2 heterocycles. The Kier molecular flexibility index (Phi) is 17.0. The van der Waals surface area contributed by atoms with Crippen LogP contribution in [0.5, 0.6) is 11.5 Å². The monoisotopic (exact) mass is 712 g/mol. The molecule has 2 aromatic heterocycles. The van der Waals surface area contributed by atoms with E-state index in [0.29, 0.717) is 25.9 Å². The van der Waals surface area contributed by atoms with Crippen LogP contribution in [0.3, 0.4) is 0 Å². The normalized spacial score (nSPS) is 11.2. The van der Waals surface area contributed by atoms with Gasteiger partial charge in [0.2, 0.25) is 11.8 Å². The molecule has 0 atom stereocenters. The van der Waals surface area contributed by atoms with Crippen LogP contribution in [0.15, 0.2) is 97.6 Å². The first-order valence-electron chi connectivity index (χ1n) is 16.9. The molecule has 0 aliphatic heterocycles. The van der Waals surface area contributed by atoms with Crippen molar-refractivity contribution in [3.8, 4) is 11.5 Å². The minimum Gasteiger partial charge on any atom is -0.496 e. The summed E-state index contributed by atoms with van der Waals surface area (Å²) in [6.45, 7) is 2.85. The summed E-state index contributed by atoms with van der Waals surface area (Å²) in [5.74, 6) is 3.51. The van der Waals surface area contributed by atoms with Crippen LogP contribution < -0.4 is 29.2 Å². The predicted octanol–water partition coefficient (Wildman–Crippen LogP) is 6.49. The average Bonchev–Trinajstić information content (AvgIpc) is 3.15. The quantitative estimate of drug-likeness (QED) is 0.0584. The minimum atomic E-state index is 0.0786. The average molecular weight is 713 g/mol. The highest BCUT2D eigenvalue weighted by Gasteiger charge is 2.07. The first-order valence-corrected chi connectivity index (χ1v) is 19.4. The second-order valence-corrected chi connectivity index (χ2v) is 14.1. The maximum absolute atomic E-state index is 12.2. The number of aromatic nitrogens is 2. The number of hydrogen-bond donors (Lipinski definition) is 2. The number of carbonyl (C=O) groups excluding carboxylic acids is 2. The number of rotatable bonds is 21. The molecule has 0 saturated carbocycles. The number of nitrogens with one attached hydrogen (secondary N) is 2. The number of pyridine rings is 2. The van der Waals surface area contributed by atoms with Crippen LogP contribution in [0.1, 0.15) is 47.9 Å². The van der Waals surface area contributed by atoms with E-state index >= 15 is 0 Å². The second kappa shape index (κ2) is 22.2. The Bertz CT molecular complexity index is 1550. The molecule has 0 aliphatic rings. The fourth-order valence-corrected chi connectivity index (χ4v) is 6.86. The van der Waals surface area contributed by atoms with Gasteiger partial charge >= 0.3 is 0 Å². The van der Waals surface area contributed by atoms with E-state index < -0.39 is 0 Å². The lowest BCUT2D eigenvalue weighted by Gasteiger charge is -2.06. The Morgan fingerprint density at radius 2 is 1.00 bits per heavy atom. The molecule has 0 spiro atoms. The van der Waals surface area contributed by atoms with Gasteiger partial charge < -0.3 is 20.1 Å². The van der Waals surface area contributed by atoms with Crippen molar-refractivity contribution < 1.29 is 28.2 Å². The van der Waals surface area contributed by atoms with E-state index in [1.165, 1.54) is 0 Å². The number of ether oxygens (including phenoxy) is 2. The third kappa shape index (κ3) is 14.1. The Balaban J connectivity index is 0.972. The molecule has 262 valence electrons. The fraction of sp³-hybridized carbons (Fsp3) is 0.300. The van der Waals surface area contributed by atoms with Crippen molar-refractivity contribution >= 4 is 57.7 Å². The highest BCUT2D eigenvalue weighted by molar-refractivity contribution is 8.76. The van der Waals surface area contributed by atoms with Crippen LogP contribution in [-0.2, 0) is 22.7 Å². The van der Waals surface area contributed by atoms with E-state index in [-0.39, 0.29) is 11.8 Å². The number of nitrogens with zero attached hydrogens (tertiary/aromatic N) is 2. The summed E-state index contributed by atoms with van der Waals surface area (Å²) in [5, 5.41) is 6.01. The SMILES string of the molecule is COc1ccccc1/C=C/c1cc[n+](CCCC(=O)NCCSSCCNC(=O)CCC[n+]2ccc(/C=C/c3ccccc3OC)cc2)cc1. The highest BCUT2D eigenvalue weighted by Crippen LogP contribution is 2.21. The first-order chi connectivity index (χ1) is 24.5. The van der Waals surface area contributed by atoms with Gasteiger partial charge in [0.05, 0.1) is 14.2 Å². The molecule has 0 aliphatic carbocycles. The third-order valence-electron chi connectivity index (χ3n) is 7.76. The zero-order valence-electron chi connectivity index (χ0n) is 29.0. The Labute approximate surface area is 304 Å². The Morgan fingerprint density at radius 1 is 0.600 bits per heavy atom. The van der Waals surface area contributed by atoms with Gasteiger partial charge in [-0.15, -0.1) is 0 Å². The molecule has 0 saturated heterocycles. The topological polar surface area (TPSA) is 84.4 Å². The van der Waals surface area contributed by atoms with Crippen molar-refractivity contribution in [1.82, 2.24) is 10.6 Å². The molecule has 0 bridgehead atoms. The van der Waals surface area contributed by atoms with E-state index in [1.54, 1.807) is 35.8 Å². The zero-order chi connectivity index (χ0) is 35.2. The van der Waals surface area contributed by atoms with Crippen LogP contribution >= 0.6 is 21.6 Å². The maximum atomic E-state index is 12.2. The van der Waals surface area contributed by atoms with E-state index in [1.807, 2.05) is 85.5 Å². The molecule has 2 aromatic carbocycles. The molecule has 0 radical (unpaired) electrons. The Morgan fingerprint density at radius 3 is 1.40 bits per heavy atom. The lowest BCUT2D eigenvalue weighted by atomic mass is 10.1. The molecule has 0 unspecified atom stereocenters. The van der Waals surface area contributed by atoms with Gasteiger partial charge in [0, 0.05) is 85.7 Å². The number of amides is 2. The van der Waals surface area contributed by atoms with Crippen LogP contribution in [0.2, 0.25) is 0 Å². The number of methoxy groups -OCH3 is 2. The second-order valence-electron chi connectivity index (χ2n) is 11.4. The lowest BCUT2D eigenvalue weighted by Crippen LogP contribution is -2.34. The third-order valence-corrected chi connectivity index (χ3v) is 10.2.